The summed E-state index contributed by atoms with van der Waals surface area (Å²) >= 11 is 0. The fourth-order valence-electron chi connectivity index (χ4n) is 4.68. The molecule has 12 heteroatoms. The van der Waals surface area contributed by atoms with Gasteiger partial charge in [-0.3, -0.25) is 4.79 Å². The molecular formula is C30H32F2N8O2. The summed E-state index contributed by atoms with van der Waals surface area (Å²) in [4.78, 5) is 25.1. The summed E-state index contributed by atoms with van der Waals surface area (Å²) in [7, 11) is 1.51. The smallest absolute Gasteiger partial charge is 0.251 e. The molecule has 1 aromatic carbocycles. The number of aryl methyl sites for hydroxylation is 1. The number of hydrogen-bond donors (Lipinski definition) is 2. The van der Waals surface area contributed by atoms with Gasteiger partial charge in [-0.2, -0.15) is 10.1 Å². The van der Waals surface area contributed by atoms with Crippen molar-refractivity contribution in [1.29, 1.82) is 0 Å². The zero-order valence-electron chi connectivity index (χ0n) is 23.4. The summed E-state index contributed by atoms with van der Waals surface area (Å²) in [6.45, 7) is 6.39. The molecule has 2 aliphatic heterocycles. The molecule has 0 aliphatic carbocycles. The number of allylic oxidation sites excluding steroid dienone is 4. The van der Waals surface area contributed by atoms with Crippen LogP contribution in [0.4, 0.5) is 31.8 Å². The number of carbonyl (C=O) groups excluding carboxylic acids is 1. The van der Waals surface area contributed by atoms with Crippen molar-refractivity contribution in [3.63, 3.8) is 0 Å². The molecule has 1 saturated heterocycles. The van der Waals surface area contributed by atoms with Crippen LogP contribution in [0, 0.1) is 6.92 Å². The quantitative estimate of drug-likeness (QED) is 0.324. The Morgan fingerprint density at radius 1 is 1.14 bits per heavy atom. The lowest BCUT2D eigenvalue weighted by atomic mass is 10.1. The van der Waals surface area contributed by atoms with Crippen molar-refractivity contribution in [2.75, 3.05) is 35.7 Å². The Hall–Kier alpha value is -5.00. The number of hydrogen-bond acceptors (Lipinski definition) is 8. The Balaban J connectivity index is 1.41. The minimum Gasteiger partial charge on any atom is -0.494 e. The zero-order chi connectivity index (χ0) is 29.7. The molecule has 10 nitrogen and oxygen atoms in total. The second-order valence-electron chi connectivity index (χ2n) is 9.89. The highest BCUT2D eigenvalue weighted by Gasteiger charge is 2.35. The molecule has 3 aromatic rings. The largest absolute Gasteiger partial charge is 0.494 e. The van der Waals surface area contributed by atoms with E-state index in [-0.39, 0.29) is 31.9 Å². The molecule has 42 heavy (non-hydrogen) atoms. The van der Waals surface area contributed by atoms with E-state index in [1.54, 1.807) is 29.1 Å². The maximum absolute atomic E-state index is 13.8. The minimum absolute atomic E-state index is 0.136. The third-order valence-corrected chi connectivity index (χ3v) is 6.96. The minimum atomic E-state index is -2.71. The molecule has 0 bridgehead atoms. The van der Waals surface area contributed by atoms with Crippen molar-refractivity contribution in [3.8, 4) is 11.6 Å². The van der Waals surface area contributed by atoms with Crippen molar-refractivity contribution in [1.82, 2.24) is 24.6 Å². The summed E-state index contributed by atoms with van der Waals surface area (Å²) in [6.07, 6.45) is 16.0. The zero-order valence-corrected chi connectivity index (χ0v) is 23.4. The van der Waals surface area contributed by atoms with Gasteiger partial charge >= 0.3 is 0 Å². The van der Waals surface area contributed by atoms with E-state index >= 15 is 0 Å². The number of aromatic nitrogens is 4. The van der Waals surface area contributed by atoms with Crippen LogP contribution in [0.25, 0.3) is 5.82 Å². The van der Waals surface area contributed by atoms with Crippen LogP contribution in [0.15, 0.2) is 80.0 Å². The first-order valence-corrected chi connectivity index (χ1v) is 13.5. The molecule has 4 heterocycles. The van der Waals surface area contributed by atoms with Gasteiger partial charge in [0.1, 0.15) is 5.75 Å². The van der Waals surface area contributed by atoms with Crippen molar-refractivity contribution in [2.24, 2.45) is 0 Å². The van der Waals surface area contributed by atoms with Crippen LogP contribution in [0.2, 0.25) is 0 Å². The number of ether oxygens (including phenoxy) is 1. The highest BCUT2D eigenvalue weighted by Crippen LogP contribution is 2.40. The third-order valence-electron chi connectivity index (χ3n) is 6.96. The van der Waals surface area contributed by atoms with E-state index in [4.69, 9.17) is 4.74 Å². The summed E-state index contributed by atoms with van der Waals surface area (Å²) in [5.74, 6) is -1.88. The van der Waals surface area contributed by atoms with E-state index in [1.807, 2.05) is 54.7 Å². The van der Waals surface area contributed by atoms with Crippen molar-refractivity contribution < 1.29 is 18.3 Å². The van der Waals surface area contributed by atoms with Gasteiger partial charge in [-0.05, 0) is 31.2 Å². The number of amides is 1. The van der Waals surface area contributed by atoms with Gasteiger partial charge < -0.3 is 25.2 Å². The van der Waals surface area contributed by atoms with E-state index in [2.05, 4.69) is 37.2 Å². The van der Waals surface area contributed by atoms with Gasteiger partial charge in [0.15, 0.2) is 5.82 Å². The highest BCUT2D eigenvalue weighted by molar-refractivity contribution is 6.02. The summed E-state index contributed by atoms with van der Waals surface area (Å²) in [5.41, 5.74) is 3.38. The average Bonchev–Trinajstić information content (AvgIpc) is 3.15. The Labute approximate surface area is 242 Å². The van der Waals surface area contributed by atoms with Crippen LogP contribution in [-0.2, 0) is 11.3 Å². The molecule has 0 atom stereocenters. The van der Waals surface area contributed by atoms with E-state index in [1.165, 1.54) is 7.11 Å². The Morgan fingerprint density at radius 3 is 2.57 bits per heavy atom. The van der Waals surface area contributed by atoms with Gasteiger partial charge in [0.2, 0.25) is 11.9 Å². The number of halogens is 2. The maximum Gasteiger partial charge on any atom is 0.251 e. The van der Waals surface area contributed by atoms with Gasteiger partial charge in [0.25, 0.3) is 5.92 Å². The van der Waals surface area contributed by atoms with Gasteiger partial charge in [-0.15, -0.1) is 0 Å². The molecule has 218 valence electrons. The van der Waals surface area contributed by atoms with Gasteiger partial charge in [-0.1, -0.05) is 18.7 Å². The Kier molecular flexibility index (Phi) is 8.32. The molecule has 1 amide bonds. The van der Waals surface area contributed by atoms with Gasteiger partial charge in [-0.25, -0.2) is 18.4 Å². The van der Waals surface area contributed by atoms with E-state index in [0.29, 0.717) is 35.2 Å². The molecular weight excluding hydrogens is 542 g/mol. The Bertz CT molecular complexity index is 1540. The molecule has 0 radical (unpaired) electrons. The second-order valence-corrected chi connectivity index (χ2v) is 9.89. The SMILES string of the molecule is C=CC(=O)Nc1cc(Nc2nccc(-n3cc(CN4C=CC=CC=C4)c(C)n3)n2)c(OC)cc1N1CCC(F)(F)CC1. The van der Waals surface area contributed by atoms with Crippen LogP contribution >= 0.6 is 0 Å². The summed E-state index contributed by atoms with van der Waals surface area (Å²) < 4.78 is 35.0. The molecule has 2 aliphatic rings. The monoisotopic (exact) mass is 574 g/mol. The van der Waals surface area contributed by atoms with Crippen LogP contribution in [0.5, 0.6) is 5.75 Å². The number of nitrogens with zero attached hydrogens (tertiary/aromatic N) is 6. The molecule has 2 aromatic heterocycles. The molecule has 0 saturated carbocycles. The first kappa shape index (κ1) is 28.5. The lowest BCUT2D eigenvalue weighted by Gasteiger charge is -2.35. The molecule has 5 rings (SSSR count). The van der Waals surface area contributed by atoms with Crippen LogP contribution in [0.1, 0.15) is 24.1 Å². The van der Waals surface area contributed by atoms with Crippen molar-refractivity contribution in [3.05, 3.63) is 91.2 Å². The first-order chi connectivity index (χ1) is 20.2. The predicted octanol–water partition coefficient (Wildman–Crippen LogP) is 5.48. The van der Waals surface area contributed by atoms with E-state index in [9.17, 15) is 13.6 Å². The van der Waals surface area contributed by atoms with Crippen LogP contribution < -0.4 is 20.3 Å². The number of carbonyl (C=O) groups is 1. The molecule has 1 fully saturated rings. The number of nitrogens with one attached hydrogen (secondary N) is 2. The van der Waals surface area contributed by atoms with Crippen molar-refractivity contribution in [2.45, 2.75) is 32.2 Å². The Morgan fingerprint density at radius 2 is 1.88 bits per heavy atom. The van der Waals surface area contributed by atoms with E-state index < -0.39 is 11.8 Å². The number of rotatable bonds is 9. The molecule has 0 spiro atoms. The van der Waals surface area contributed by atoms with Crippen LogP contribution in [-0.4, -0.2) is 56.7 Å². The number of alkyl halides is 2. The lowest BCUT2D eigenvalue weighted by molar-refractivity contribution is -0.111. The number of anilines is 4. The third kappa shape index (κ3) is 6.65. The van der Waals surface area contributed by atoms with E-state index in [0.717, 1.165) is 17.3 Å². The first-order valence-electron chi connectivity index (χ1n) is 13.5. The highest BCUT2D eigenvalue weighted by atomic mass is 19.3. The molecule has 2 N–H and O–H groups in total. The number of methoxy groups -OCH3 is 1. The number of benzene rings is 1. The van der Waals surface area contributed by atoms with Crippen LogP contribution in [0.3, 0.4) is 0 Å². The fraction of sp³-hybridized carbons (Fsp3) is 0.267. The summed E-state index contributed by atoms with van der Waals surface area (Å²) in [6, 6.07) is 5.13. The summed E-state index contributed by atoms with van der Waals surface area (Å²) in [5, 5.41) is 10.6. The standard InChI is InChI=1S/C30H32F2N8O2/c1-4-28(41)34-23-17-24(26(42-3)18-25(23)39-15-10-30(31,32)11-16-39)35-29-33-12-9-27(36-29)40-20-22(21(2)37-40)19-38-13-7-5-6-8-14-38/h4-9,12-14,17-18,20H,1,10-11,15-16,19H2,2-3H3,(H,34,41)(H,33,35,36). The average molecular weight is 575 g/mol. The maximum atomic E-state index is 13.8. The second kappa shape index (κ2) is 12.2. The lowest BCUT2D eigenvalue weighted by Crippen LogP contribution is -2.39. The van der Waals surface area contributed by atoms with Gasteiger partial charge in [0.05, 0.1) is 36.4 Å². The normalized spacial score (nSPS) is 15.8. The topological polar surface area (TPSA) is 100 Å². The van der Waals surface area contributed by atoms with Crippen molar-refractivity contribution >= 4 is 28.9 Å². The predicted molar refractivity (Wildman–Crippen MR) is 158 cm³/mol. The number of piperidine rings is 1. The molecule has 0 unspecified atom stereocenters. The fourth-order valence-corrected chi connectivity index (χ4v) is 4.68. The van der Waals surface area contributed by atoms with Gasteiger partial charge in [0, 0.05) is 68.4 Å².